The van der Waals surface area contributed by atoms with Crippen LogP contribution in [0.3, 0.4) is 0 Å². The summed E-state index contributed by atoms with van der Waals surface area (Å²) in [6, 6.07) is 22.1. The first kappa shape index (κ1) is 93.4. The molecule has 588 valence electrons. The summed E-state index contributed by atoms with van der Waals surface area (Å²) in [5, 5.41) is 32.7. The largest absolute Gasteiger partial charge is 0.508 e. The fourth-order valence-corrected chi connectivity index (χ4v) is 12.5. The summed E-state index contributed by atoms with van der Waals surface area (Å²) in [7, 11) is 2.15. The van der Waals surface area contributed by atoms with Crippen LogP contribution in [-0.4, -0.2) is 124 Å². The number of rotatable bonds is 44. The number of nitrogens with one attached hydrogen (secondary N) is 2. The van der Waals surface area contributed by atoms with E-state index in [9.17, 15) is 29.4 Å². The summed E-state index contributed by atoms with van der Waals surface area (Å²) < 4.78 is 21.6. The van der Waals surface area contributed by atoms with Gasteiger partial charge in [-0.05, 0) is 161 Å². The topological polar surface area (TPSA) is 224 Å². The summed E-state index contributed by atoms with van der Waals surface area (Å²) >= 11 is 13.1. The molecule has 1 fully saturated rings. The number of unbranched alkanes of at least 4 members (excludes halogenated alkanes) is 14. The van der Waals surface area contributed by atoms with Gasteiger partial charge in [0.25, 0.3) is 0 Å². The van der Waals surface area contributed by atoms with Crippen LogP contribution in [0.15, 0.2) is 96.6 Å². The third kappa shape index (κ3) is 41.9. The van der Waals surface area contributed by atoms with Gasteiger partial charge >= 0.3 is 17.9 Å². The number of hydrogen-bond acceptors (Lipinski definition) is 17. The maximum absolute atomic E-state index is 12.0. The van der Waals surface area contributed by atoms with Crippen LogP contribution < -0.4 is 10.1 Å². The van der Waals surface area contributed by atoms with Crippen LogP contribution >= 0.6 is 35.0 Å². The number of terminal acetylenes is 1. The Kier molecular flexibility index (Phi) is 47.7. The van der Waals surface area contributed by atoms with E-state index >= 15 is 0 Å². The van der Waals surface area contributed by atoms with Crippen molar-refractivity contribution in [2.45, 2.75) is 258 Å². The van der Waals surface area contributed by atoms with Gasteiger partial charge in [-0.25, -0.2) is 9.87 Å². The summed E-state index contributed by atoms with van der Waals surface area (Å²) in [4.78, 5) is 66.0. The highest BCUT2D eigenvalue weighted by Gasteiger charge is 2.31. The predicted octanol–water partition coefficient (Wildman–Crippen LogP) is 19.7. The standard InChI is InChI=1S/C32H42O6.C22H44N2O2.C20H24ClNO2.C12H12ClN3O2S/c1-8-10-12-14-21-36-30(35)17-16-19-31(4,5)26-23-29(34)27(24-28(26)33)32(6,7)20-18-25(3)38-37-22-15-13-11-9-2;1-3-4-5-6-7-8-9-10-11-12-13-14-21-26-22(25)15-16-24-19-17-23(2)18-20-24;1-4-16-13-17(8-9-18(16)21)22-20(23)6-5-11-24-19-10-7-14(2)12-15(19)3;1-8(19-12-14-7-15-16-12)11(17)18-6-9-2-4-10(13)5-3-9/h2,23-24,33-34H,3,8,10,12,14,16-21H2,1,4-7H3;3-21H2,1-2H3;7-10,12-13H,4-6,11H2,1-3H3,(H,22,23);2-5,7-8H,6H2,1H3,(H,14,15,16). The second kappa shape index (κ2) is 54.7. The van der Waals surface area contributed by atoms with Crippen molar-refractivity contribution in [3.8, 4) is 53.5 Å². The number of nitrogens with zero attached hydrogens (tertiary/aromatic N) is 4. The smallest absolute Gasteiger partial charge is 0.319 e. The average molecular weight is 1530 g/mol. The maximum Gasteiger partial charge on any atom is 0.319 e. The summed E-state index contributed by atoms with van der Waals surface area (Å²) in [5.41, 5.74) is 5.35. The number of carbonyl (C=O) groups excluding carboxylic acids is 4. The molecular weight excluding hydrogens is 1410 g/mol. The fraction of sp³-hybridized carbons (Fsp3) is 0.558. The second-order valence-corrected chi connectivity index (χ2v) is 30.5. The number of hydrogen-bond donors (Lipinski definition) is 4. The monoisotopic (exact) mass is 1530 g/mol. The lowest BCUT2D eigenvalue weighted by Crippen LogP contribution is -2.45. The Labute approximate surface area is 654 Å². The molecule has 4 N–H and O–H groups in total. The minimum atomic E-state index is -0.499. The quantitative estimate of drug-likeness (QED) is 0.00327. The highest BCUT2D eigenvalue weighted by Crippen LogP contribution is 2.44. The van der Waals surface area contributed by atoms with Gasteiger partial charge in [0, 0.05) is 90.7 Å². The molecule has 0 saturated carbocycles. The molecule has 5 aromatic rings. The molecule has 1 aliphatic heterocycles. The molecule has 1 aliphatic rings. The SMILES string of the molecule is C#CC#CC#COOC(=C)CCC(C)(C)c1cc(O)c(C(C)(C)CCCC(=O)OCCCCCC)cc1O.CC(Sc1ncn[nH]1)C(=O)OCc1ccc(Cl)cc1.CCCCCCCCCCCCCCOC(=O)CCN1CCN(C)CC1.CCc1cc(NC(=O)CCCOc2ccc(C)cc2C)ccc1Cl. The summed E-state index contributed by atoms with van der Waals surface area (Å²) in [5.74, 6) is 10.2. The second-order valence-electron chi connectivity index (χ2n) is 28.3. The van der Waals surface area contributed by atoms with E-state index in [1.165, 1.54) is 94.3 Å². The lowest BCUT2D eigenvalue weighted by atomic mass is 9.75. The van der Waals surface area contributed by atoms with Crippen molar-refractivity contribution in [1.82, 2.24) is 25.0 Å². The number of esters is 3. The lowest BCUT2D eigenvalue weighted by molar-refractivity contribution is -0.200. The number of piperazine rings is 1. The van der Waals surface area contributed by atoms with Gasteiger partial charge in [0.15, 0.2) is 11.3 Å². The van der Waals surface area contributed by atoms with Crippen LogP contribution in [0.4, 0.5) is 5.69 Å². The van der Waals surface area contributed by atoms with Gasteiger partial charge in [0.05, 0.1) is 26.2 Å². The highest BCUT2D eigenvalue weighted by atomic mass is 35.5. The minimum Gasteiger partial charge on any atom is -0.508 e. The van der Waals surface area contributed by atoms with E-state index in [1.54, 1.807) is 31.2 Å². The van der Waals surface area contributed by atoms with E-state index in [-0.39, 0.29) is 47.2 Å². The number of aryl methyl sites for hydroxylation is 3. The van der Waals surface area contributed by atoms with E-state index < -0.39 is 10.8 Å². The molecule has 0 radical (unpaired) electrons. The van der Waals surface area contributed by atoms with Crippen molar-refractivity contribution in [3.05, 3.63) is 135 Å². The normalized spacial score (nSPS) is 12.2. The van der Waals surface area contributed by atoms with Crippen LogP contribution in [0.25, 0.3) is 0 Å². The molecule has 2 heterocycles. The Balaban J connectivity index is 0.000000382. The van der Waals surface area contributed by atoms with Gasteiger partial charge in [-0.1, -0.05) is 210 Å². The van der Waals surface area contributed by atoms with E-state index in [0.29, 0.717) is 98.3 Å². The molecule has 18 nitrogen and oxygen atoms in total. The van der Waals surface area contributed by atoms with Crippen molar-refractivity contribution in [3.63, 3.8) is 0 Å². The first-order chi connectivity index (χ1) is 51.3. The Morgan fingerprint density at radius 3 is 1.85 bits per heavy atom. The average Bonchev–Trinajstić information content (AvgIpc) is 0.939. The van der Waals surface area contributed by atoms with E-state index in [2.05, 4.69) is 101 Å². The van der Waals surface area contributed by atoms with E-state index in [0.717, 1.165) is 104 Å². The van der Waals surface area contributed by atoms with E-state index in [1.807, 2.05) is 84.0 Å². The molecule has 1 saturated heterocycles. The number of phenols is 2. The van der Waals surface area contributed by atoms with Gasteiger partial charge in [-0.2, -0.15) is 5.10 Å². The number of aromatic amines is 1. The Hall–Kier alpha value is -7.83. The zero-order valence-corrected chi connectivity index (χ0v) is 68.2. The minimum absolute atomic E-state index is 0.0106. The number of aromatic nitrogens is 3. The third-order valence-electron chi connectivity index (χ3n) is 18.1. The number of anilines is 1. The van der Waals surface area contributed by atoms with Crippen LogP contribution in [-0.2, 0) is 67.0 Å². The van der Waals surface area contributed by atoms with Crippen molar-refractivity contribution in [2.24, 2.45) is 0 Å². The molecule has 4 aromatic carbocycles. The summed E-state index contributed by atoms with van der Waals surface area (Å²) in [6.07, 6.45) is 34.0. The molecule has 107 heavy (non-hydrogen) atoms. The van der Waals surface area contributed by atoms with Gasteiger partial charge in [-0.15, -0.1) is 6.42 Å². The van der Waals surface area contributed by atoms with Crippen molar-refractivity contribution in [2.75, 3.05) is 64.9 Å². The molecule has 0 bridgehead atoms. The van der Waals surface area contributed by atoms with Crippen LogP contribution in [0, 0.1) is 50.1 Å². The van der Waals surface area contributed by atoms with Gasteiger partial charge in [0.2, 0.25) is 5.91 Å². The molecule has 1 atom stereocenters. The highest BCUT2D eigenvalue weighted by molar-refractivity contribution is 8.00. The molecule has 1 amide bonds. The van der Waals surface area contributed by atoms with Crippen LogP contribution in [0.2, 0.25) is 10.0 Å². The Morgan fingerprint density at radius 1 is 0.682 bits per heavy atom. The zero-order chi connectivity index (χ0) is 78.7. The number of H-pyrrole nitrogens is 1. The number of ether oxygens (including phenoxy) is 4. The Morgan fingerprint density at radius 2 is 1.27 bits per heavy atom. The fourth-order valence-electron chi connectivity index (χ4n) is 11.4. The number of likely N-dealkylation sites (N-methyl/N-ethyl adjacent to an activating group) is 1. The van der Waals surface area contributed by atoms with Crippen molar-refractivity contribution < 1.29 is 58.1 Å². The maximum atomic E-state index is 12.0. The number of thioether (sulfide) groups is 1. The van der Waals surface area contributed by atoms with Crippen molar-refractivity contribution in [1.29, 1.82) is 0 Å². The molecule has 0 spiro atoms. The van der Waals surface area contributed by atoms with Gasteiger partial charge < -0.3 is 44.3 Å². The third-order valence-corrected chi connectivity index (χ3v) is 19.7. The number of amides is 1. The molecule has 1 aromatic heterocycles. The lowest BCUT2D eigenvalue weighted by Gasteiger charge is -2.31. The number of benzene rings is 4. The zero-order valence-electron chi connectivity index (χ0n) is 65.8. The number of phenolic OH excluding ortho intramolecular Hbond substituents is 2. The number of allylic oxidation sites excluding steroid dienone is 1. The number of aromatic hydroxyl groups is 2. The van der Waals surface area contributed by atoms with Gasteiger partial charge in [0.1, 0.15) is 41.2 Å². The van der Waals surface area contributed by atoms with Crippen LogP contribution in [0.1, 0.15) is 243 Å². The van der Waals surface area contributed by atoms with Crippen LogP contribution in [0.5, 0.6) is 17.2 Å². The molecule has 0 aliphatic carbocycles. The number of carbonyl (C=O) groups is 4. The number of halogens is 2. The predicted molar refractivity (Wildman–Crippen MR) is 433 cm³/mol. The molecule has 1 unspecified atom stereocenters. The van der Waals surface area contributed by atoms with Gasteiger partial charge in [-0.3, -0.25) is 29.2 Å². The Bertz CT molecular complexity index is 3570. The first-order valence-corrected chi connectivity index (χ1v) is 39.9. The molecular formula is C86H122Cl2N6O12S. The first-order valence-electron chi connectivity index (χ1n) is 38.3. The molecule has 6 rings (SSSR count). The van der Waals surface area contributed by atoms with E-state index in [4.69, 9.17) is 58.3 Å². The van der Waals surface area contributed by atoms with Crippen molar-refractivity contribution >= 4 is 64.5 Å². The summed E-state index contributed by atoms with van der Waals surface area (Å²) in [6.45, 7) is 31.1. The molecule has 21 heteroatoms.